The number of rotatable bonds is 8. The molecule has 2 N–H and O–H groups in total. The van der Waals surface area contributed by atoms with Crippen molar-refractivity contribution in [1.82, 2.24) is 0 Å². The number of thioether (sulfide) groups is 1. The molecule has 2 amide bonds. The summed E-state index contributed by atoms with van der Waals surface area (Å²) in [5.74, 6) is -0.415. The fourth-order valence-electron chi connectivity index (χ4n) is 2.78. The molecule has 3 aromatic rings. The van der Waals surface area contributed by atoms with Gasteiger partial charge in [-0.2, -0.15) is 0 Å². The van der Waals surface area contributed by atoms with Crippen LogP contribution in [-0.4, -0.2) is 22.5 Å². The van der Waals surface area contributed by atoms with E-state index in [-0.39, 0.29) is 23.3 Å². The van der Waals surface area contributed by atoms with Gasteiger partial charge < -0.3 is 10.6 Å². The summed E-state index contributed by atoms with van der Waals surface area (Å²) in [6.07, 6.45) is 3.19. The lowest BCUT2D eigenvalue weighted by molar-refractivity contribution is -0.384. The van der Waals surface area contributed by atoms with Crippen LogP contribution < -0.4 is 10.6 Å². The van der Waals surface area contributed by atoms with Crippen molar-refractivity contribution in [1.29, 1.82) is 0 Å². The number of aryl methyl sites for hydroxylation is 1. The van der Waals surface area contributed by atoms with Gasteiger partial charge in [0.2, 0.25) is 11.8 Å². The van der Waals surface area contributed by atoms with E-state index < -0.39 is 4.92 Å². The monoisotopic (exact) mass is 447 g/mol. The molecule has 0 aromatic heterocycles. The number of hydrogen-bond acceptors (Lipinski definition) is 5. The minimum atomic E-state index is -0.501. The Morgan fingerprint density at radius 3 is 2.53 bits per heavy atom. The molecule has 3 aromatic carbocycles. The van der Waals surface area contributed by atoms with Crippen molar-refractivity contribution in [3.63, 3.8) is 0 Å². The van der Waals surface area contributed by atoms with E-state index in [0.29, 0.717) is 11.4 Å². The van der Waals surface area contributed by atoms with Crippen LogP contribution in [-0.2, 0) is 9.59 Å². The van der Waals surface area contributed by atoms with E-state index in [2.05, 4.69) is 10.6 Å². The topological polar surface area (TPSA) is 101 Å². The Balaban J connectivity index is 1.55. The van der Waals surface area contributed by atoms with Gasteiger partial charge >= 0.3 is 0 Å². The van der Waals surface area contributed by atoms with Gasteiger partial charge in [0.25, 0.3) is 5.69 Å². The second-order valence-corrected chi connectivity index (χ2v) is 7.90. The van der Waals surface area contributed by atoms with E-state index in [1.807, 2.05) is 36.4 Å². The maximum absolute atomic E-state index is 12.3. The predicted molar refractivity (Wildman–Crippen MR) is 128 cm³/mol. The molecule has 0 bridgehead atoms. The normalized spacial score (nSPS) is 10.7. The van der Waals surface area contributed by atoms with Crippen LogP contribution in [0.2, 0.25) is 0 Å². The number of nitro groups is 1. The van der Waals surface area contributed by atoms with Crippen LogP contribution in [0.1, 0.15) is 11.1 Å². The molecule has 3 rings (SSSR count). The highest BCUT2D eigenvalue weighted by molar-refractivity contribution is 8.00. The molecule has 8 heteroatoms. The zero-order valence-electron chi connectivity index (χ0n) is 17.3. The number of nitrogens with zero attached hydrogens (tertiary/aromatic N) is 1. The molecule has 0 aliphatic carbocycles. The van der Waals surface area contributed by atoms with Crippen molar-refractivity contribution in [3.05, 3.63) is 100 Å². The fourth-order valence-corrected chi connectivity index (χ4v) is 3.53. The van der Waals surface area contributed by atoms with Crippen molar-refractivity contribution in [2.75, 3.05) is 16.4 Å². The summed E-state index contributed by atoms with van der Waals surface area (Å²) >= 11 is 1.30. The minimum Gasteiger partial charge on any atom is -0.325 e. The highest BCUT2D eigenvalue weighted by atomic mass is 32.2. The number of carbonyl (C=O) groups excluding carboxylic acids is 2. The maximum Gasteiger partial charge on any atom is 0.271 e. The summed E-state index contributed by atoms with van der Waals surface area (Å²) < 4.78 is 0. The molecule has 7 nitrogen and oxygen atoms in total. The van der Waals surface area contributed by atoms with Crippen LogP contribution in [0.5, 0.6) is 0 Å². The molecular weight excluding hydrogens is 426 g/mol. The SMILES string of the molecule is Cc1ccc([N+](=O)[O-])cc1NC(=O)CSc1cccc(NC(=O)/C=C/c2ccccc2)c1. The van der Waals surface area contributed by atoms with E-state index in [1.54, 1.807) is 37.3 Å². The first kappa shape index (κ1) is 22.8. The van der Waals surface area contributed by atoms with Crippen LogP contribution in [0.3, 0.4) is 0 Å². The number of non-ortho nitro benzene ring substituents is 1. The van der Waals surface area contributed by atoms with Gasteiger partial charge in [0.15, 0.2) is 0 Å². The number of benzene rings is 3. The van der Waals surface area contributed by atoms with Gasteiger partial charge in [-0.05, 0) is 42.3 Å². The molecule has 0 aliphatic rings. The molecule has 0 saturated heterocycles. The molecule has 162 valence electrons. The van der Waals surface area contributed by atoms with Crippen LogP contribution >= 0.6 is 11.8 Å². The van der Waals surface area contributed by atoms with E-state index in [4.69, 9.17) is 0 Å². The fraction of sp³-hybridized carbons (Fsp3) is 0.0833. The Labute approximate surface area is 189 Å². The van der Waals surface area contributed by atoms with Crippen molar-refractivity contribution in [2.45, 2.75) is 11.8 Å². The Bertz CT molecular complexity index is 1160. The third-order valence-corrected chi connectivity index (χ3v) is 5.40. The Morgan fingerprint density at radius 1 is 1.00 bits per heavy atom. The van der Waals surface area contributed by atoms with E-state index in [9.17, 15) is 19.7 Å². The smallest absolute Gasteiger partial charge is 0.271 e. The molecule has 0 unspecified atom stereocenters. The third kappa shape index (κ3) is 6.82. The van der Waals surface area contributed by atoms with E-state index in [0.717, 1.165) is 16.0 Å². The highest BCUT2D eigenvalue weighted by Gasteiger charge is 2.11. The van der Waals surface area contributed by atoms with Crippen LogP contribution in [0.15, 0.2) is 83.8 Å². The number of nitro benzene ring substituents is 1. The molecule has 0 heterocycles. The molecule has 0 atom stereocenters. The number of carbonyl (C=O) groups is 2. The third-order valence-electron chi connectivity index (χ3n) is 4.40. The molecular formula is C24H21N3O4S. The van der Waals surface area contributed by atoms with Gasteiger partial charge in [0.05, 0.1) is 16.4 Å². The molecule has 32 heavy (non-hydrogen) atoms. The number of anilines is 2. The van der Waals surface area contributed by atoms with Crippen molar-refractivity contribution in [3.8, 4) is 0 Å². The number of nitrogens with one attached hydrogen (secondary N) is 2. The van der Waals surface area contributed by atoms with Crippen molar-refractivity contribution in [2.24, 2.45) is 0 Å². The minimum absolute atomic E-state index is 0.0803. The van der Waals surface area contributed by atoms with E-state index in [1.165, 1.54) is 30.0 Å². The van der Waals surface area contributed by atoms with E-state index >= 15 is 0 Å². The summed E-state index contributed by atoms with van der Waals surface area (Å²) in [7, 11) is 0. The summed E-state index contributed by atoms with van der Waals surface area (Å²) in [6.45, 7) is 1.77. The van der Waals surface area contributed by atoms with Gasteiger partial charge in [0, 0.05) is 28.8 Å². The first-order chi connectivity index (χ1) is 15.4. The molecule has 0 saturated carbocycles. The lowest BCUT2D eigenvalue weighted by Crippen LogP contribution is -2.15. The lowest BCUT2D eigenvalue weighted by Gasteiger charge is -2.09. The van der Waals surface area contributed by atoms with Crippen LogP contribution in [0, 0.1) is 17.0 Å². The van der Waals surface area contributed by atoms with Crippen molar-refractivity contribution < 1.29 is 14.5 Å². The van der Waals surface area contributed by atoms with Gasteiger partial charge in [-0.1, -0.05) is 42.5 Å². The summed E-state index contributed by atoms with van der Waals surface area (Å²) in [5, 5.41) is 16.4. The van der Waals surface area contributed by atoms with Gasteiger partial charge in [0.1, 0.15) is 0 Å². The highest BCUT2D eigenvalue weighted by Crippen LogP contribution is 2.24. The van der Waals surface area contributed by atoms with Gasteiger partial charge in [-0.25, -0.2) is 0 Å². The first-order valence-electron chi connectivity index (χ1n) is 9.72. The first-order valence-corrected chi connectivity index (χ1v) is 10.7. The van der Waals surface area contributed by atoms with Gasteiger partial charge in [-0.15, -0.1) is 11.8 Å². The van der Waals surface area contributed by atoms with Crippen LogP contribution in [0.4, 0.5) is 17.1 Å². The molecule has 0 aliphatic heterocycles. The second kappa shape index (κ2) is 10.9. The molecule has 0 radical (unpaired) electrons. The van der Waals surface area contributed by atoms with Crippen molar-refractivity contribution >= 4 is 46.7 Å². The Hall–Kier alpha value is -3.91. The summed E-state index contributed by atoms with van der Waals surface area (Å²) in [5.41, 5.74) is 2.62. The number of hydrogen-bond donors (Lipinski definition) is 2. The quantitative estimate of drug-likeness (QED) is 0.212. The Morgan fingerprint density at radius 2 is 1.78 bits per heavy atom. The molecule has 0 fully saturated rings. The average Bonchev–Trinajstić information content (AvgIpc) is 2.78. The maximum atomic E-state index is 12.3. The Kier molecular flexibility index (Phi) is 7.77. The average molecular weight is 448 g/mol. The molecule has 0 spiro atoms. The predicted octanol–water partition coefficient (Wildman–Crippen LogP) is 5.29. The zero-order valence-corrected chi connectivity index (χ0v) is 18.1. The summed E-state index contributed by atoms with van der Waals surface area (Å²) in [4.78, 5) is 35.7. The largest absolute Gasteiger partial charge is 0.325 e. The lowest BCUT2D eigenvalue weighted by atomic mass is 10.2. The van der Waals surface area contributed by atoms with Crippen LogP contribution in [0.25, 0.3) is 6.08 Å². The van der Waals surface area contributed by atoms with Gasteiger partial charge in [-0.3, -0.25) is 19.7 Å². The standard InChI is InChI=1S/C24H21N3O4S/c1-17-10-12-20(27(30)31)15-22(17)26-24(29)16-32-21-9-5-8-19(14-21)25-23(28)13-11-18-6-3-2-4-7-18/h2-15H,16H2,1H3,(H,25,28)(H,26,29)/b13-11+. The number of amides is 2. The zero-order chi connectivity index (χ0) is 22.9. The summed E-state index contributed by atoms with van der Waals surface area (Å²) in [6, 6.07) is 21.0. The second-order valence-electron chi connectivity index (χ2n) is 6.85.